The highest BCUT2D eigenvalue weighted by Gasteiger charge is 2.13. The zero-order chi connectivity index (χ0) is 14.1. The van der Waals surface area contributed by atoms with Crippen molar-refractivity contribution in [2.45, 2.75) is 12.6 Å². The summed E-state index contributed by atoms with van der Waals surface area (Å²) in [6, 6.07) is 13.1. The third-order valence-corrected chi connectivity index (χ3v) is 3.86. The number of aromatic nitrogens is 2. The van der Waals surface area contributed by atoms with Crippen molar-refractivity contribution in [1.29, 1.82) is 0 Å². The molecular formula is C15H13Cl2N3. The molecule has 0 spiro atoms. The fourth-order valence-corrected chi connectivity index (χ4v) is 2.70. The van der Waals surface area contributed by atoms with E-state index in [2.05, 4.69) is 4.98 Å². The van der Waals surface area contributed by atoms with Crippen molar-refractivity contribution in [1.82, 2.24) is 9.55 Å². The lowest BCUT2D eigenvalue weighted by Gasteiger charge is -2.15. The summed E-state index contributed by atoms with van der Waals surface area (Å²) in [7, 11) is 0. The quantitative estimate of drug-likeness (QED) is 0.793. The molecule has 0 saturated heterocycles. The smallest absolute Gasteiger partial charge is 0.0958 e. The molecule has 3 nitrogen and oxygen atoms in total. The molecule has 2 aromatic carbocycles. The van der Waals surface area contributed by atoms with Gasteiger partial charge >= 0.3 is 0 Å². The van der Waals surface area contributed by atoms with Gasteiger partial charge in [0.05, 0.1) is 17.4 Å². The molecule has 0 saturated carbocycles. The van der Waals surface area contributed by atoms with Crippen LogP contribution in [0.25, 0.3) is 11.0 Å². The van der Waals surface area contributed by atoms with Gasteiger partial charge in [-0.3, -0.25) is 0 Å². The Morgan fingerprint density at radius 3 is 2.80 bits per heavy atom. The summed E-state index contributed by atoms with van der Waals surface area (Å²) in [6.07, 6.45) is 1.79. The lowest BCUT2D eigenvalue weighted by Crippen LogP contribution is -2.17. The first-order valence-electron chi connectivity index (χ1n) is 6.25. The molecule has 1 unspecified atom stereocenters. The summed E-state index contributed by atoms with van der Waals surface area (Å²) in [5, 5.41) is 1.27. The van der Waals surface area contributed by atoms with Crippen molar-refractivity contribution in [3.63, 3.8) is 0 Å². The van der Waals surface area contributed by atoms with E-state index in [1.807, 2.05) is 34.9 Å². The Bertz CT molecular complexity index is 752. The number of hydrogen-bond donors (Lipinski definition) is 1. The Morgan fingerprint density at radius 2 is 1.95 bits per heavy atom. The molecule has 0 aliphatic carbocycles. The van der Waals surface area contributed by atoms with E-state index < -0.39 is 0 Å². The molecule has 1 atom stereocenters. The predicted octanol–water partition coefficient (Wildman–Crippen LogP) is 4.04. The molecule has 5 heteroatoms. The molecule has 1 aromatic heterocycles. The number of benzene rings is 2. The van der Waals surface area contributed by atoms with Gasteiger partial charge < -0.3 is 10.3 Å². The van der Waals surface area contributed by atoms with Crippen LogP contribution in [0.15, 0.2) is 48.8 Å². The summed E-state index contributed by atoms with van der Waals surface area (Å²) in [5.74, 6) is 0. The molecule has 20 heavy (non-hydrogen) atoms. The largest absolute Gasteiger partial charge is 0.329 e. The number of hydrogen-bond acceptors (Lipinski definition) is 2. The minimum absolute atomic E-state index is 0.237. The van der Waals surface area contributed by atoms with Gasteiger partial charge in [-0.15, -0.1) is 0 Å². The van der Waals surface area contributed by atoms with E-state index in [0.29, 0.717) is 16.6 Å². The standard InChI is InChI=1S/C15H13Cl2N3/c16-10-5-6-12(17)11(7-10)13(18)8-20-9-19-14-3-1-2-4-15(14)20/h1-7,9,13H,8,18H2. The summed E-state index contributed by atoms with van der Waals surface area (Å²) < 4.78 is 2.03. The van der Waals surface area contributed by atoms with Gasteiger partial charge in [0.25, 0.3) is 0 Å². The Hall–Kier alpha value is -1.55. The van der Waals surface area contributed by atoms with Crippen molar-refractivity contribution in [2.24, 2.45) is 5.73 Å². The fourth-order valence-electron chi connectivity index (χ4n) is 2.26. The Morgan fingerprint density at radius 1 is 1.15 bits per heavy atom. The van der Waals surface area contributed by atoms with E-state index in [0.717, 1.165) is 16.6 Å². The Labute approximate surface area is 126 Å². The van der Waals surface area contributed by atoms with Crippen LogP contribution in [0.5, 0.6) is 0 Å². The highest BCUT2D eigenvalue weighted by Crippen LogP contribution is 2.26. The highest BCUT2D eigenvalue weighted by molar-refractivity contribution is 6.33. The number of rotatable bonds is 3. The maximum Gasteiger partial charge on any atom is 0.0958 e. The molecular weight excluding hydrogens is 293 g/mol. The van der Waals surface area contributed by atoms with E-state index in [4.69, 9.17) is 28.9 Å². The third-order valence-electron chi connectivity index (χ3n) is 3.28. The van der Waals surface area contributed by atoms with Crippen LogP contribution >= 0.6 is 23.2 Å². The fraction of sp³-hybridized carbons (Fsp3) is 0.133. The average Bonchev–Trinajstić information content (AvgIpc) is 2.85. The van der Waals surface area contributed by atoms with Crippen LogP contribution in [-0.2, 0) is 6.54 Å². The van der Waals surface area contributed by atoms with Crippen LogP contribution < -0.4 is 5.73 Å². The molecule has 0 fully saturated rings. The second-order valence-electron chi connectivity index (χ2n) is 4.66. The van der Waals surface area contributed by atoms with Crippen LogP contribution in [0.3, 0.4) is 0 Å². The topological polar surface area (TPSA) is 43.8 Å². The van der Waals surface area contributed by atoms with Gasteiger partial charge in [0.15, 0.2) is 0 Å². The molecule has 3 aromatic rings. The number of imidazole rings is 1. The molecule has 0 bridgehead atoms. The van der Waals surface area contributed by atoms with Gasteiger partial charge in [-0.05, 0) is 35.9 Å². The summed E-state index contributed by atoms with van der Waals surface area (Å²) in [4.78, 5) is 4.35. The van der Waals surface area contributed by atoms with Crippen molar-refractivity contribution < 1.29 is 0 Å². The monoisotopic (exact) mass is 305 g/mol. The zero-order valence-electron chi connectivity index (χ0n) is 10.6. The van der Waals surface area contributed by atoms with Crippen LogP contribution in [0.1, 0.15) is 11.6 Å². The van der Waals surface area contributed by atoms with E-state index in [9.17, 15) is 0 Å². The minimum atomic E-state index is -0.237. The lowest BCUT2D eigenvalue weighted by atomic mass is 10.1. The second kappa shape index (κ2) is 5.44. The SMILES string of the molecule is NC(Cn1cnc2ccccc21)c1cc(Cl)ccc1Cl. The molecule has 0 radical (unpaired) electrons. The van der Waals surface area contributed by atoms with E-state index in [1.54, 1.807) is 18.5 Å². The lowest BCUT2D eigenvalue weighted by molar-refractivity contribution is 0.589. The molecule has 2 N–H and O–H groups in total. The number of fused-ring (bicyclic) bond motifs is 1. The Kier molecular flexibility index (Phi) is 3.66. The van der Waals surface area contributed by atoms with Gasteiger partial charge in [-0.2, -0.15) is 0 Å². The molecule has 3 rings (SSSR count). The number of nitrogens with zero attached hydrogens (tertiary/aromatic N) is 2. The first-order valence-corrected chi connectivity index (χ1v) is 7.01. The number of para-hydroxylation sites is 2. The van der Waals surface area contributed by atoms with Crippen LogP contribution in [0.2, 0.25) is 10.0 Å². The minimum Gasteiger partial charge on any atom is -0.329 e. The maximum atomic E-state index is 6.26. The van der Waals surface area contributed by atoms with Crippen LogP contribution in [0.4, 0.5) is 0 Å². The summed E-state index contributed by atoms with van der Waals surface area (Å²) >= 11 is 12.2. The number of halogens is 2. The van der Waals surface area contributed by atoms with Gasteiger partial charge in [-0.25, -0.2) is 4.98 Å². The second-order valence-corrected chi connectivity index (χ2v) is 5.50. The van der Waals surface area contributed by atoms with Gasteiger partial charge in [0, 0.05) is 22.6 Å². The van der Waals surface area contributed by atoms with Gasteiger partial charge in [0.1, 0.15) is 0 Å². The summed E-state index contributed by atoms with van der Waals surface area (Å²) in [5.41, 5.74) is 9.11. The van der Waals surface area contributed by atoms with Crippen LogP contribution in [0, 0.1) is 0 Å². The highest BCUT2D eigenvalue weighted by atomic mass is 35.5. The Balaban J connectivity index is 1.92. The van der Waals surface area contributed by atoms with E-state index in [1.165, 1.54) is 0 Å². The van der Waals surface area contributed by atoms with Crippen LogP contribution in [-0.4, -0.2) is 9.55 Å². The molecule has 0 amide bonds. The van der Waals surface area contributed by atoms with E-state index >= 15 is 0 Å². The normalized spacial score (nSPS) is 12.8. The van der Waals surface area contributed by atoms with Crippen molar-refractivity contribution in [2.75, 3.05) is 0 Å². The predicted molar refractivity (Wildman–Crippen MR) is 83.1 cm³/mol. The van der Waals surface area contributed by atoms with Gasteiger partial charge in [0.2, 0.25) is 0 Å². The third kappa shape index (κ3) is 2.52. The summed E-state index contributed by atoms with van der Waals surface area (Å²) in [6.45, 7) is 0.598. The molecule has 1 heterocycles. The molecule has 0 aliphatic rings. The zero-order valence-corrected chi connectivity index (χ0v) is 12.1. The van der Waals surface area contributed by atoms with E-state index in [-0.39, 0.29) is 6.04 Å². The first kappa shape index (κ1) is 13.4. The molecule has 0 aliphatic heterocycles. The van der Waals surface area contributed by atoms with Crippen molar-refractivity contribution >= 4 is 34.2 Å². The maximum absolute atomic E-state index is 6.26. The number of nitrogens with two attached hydrogens (primary N) is 1. The van der Waals surface area contributed by atoms with Crippen molar-refractivity contribution in [3.05, 3.63) is 64.4 Å². The first-order chi connectivity index (χ1) is 9.65. The average molecular weight is 306 g/mol. The van der Waals surface area contributed by atoms with Crippen molar-refractivity contribution in [3.8, 4) is 0 Å². The molecule has 102 valence electrons. The van der Waals surface area contributed by atoms with Gasteiger partial charge in [-0.1, -0.05) is 35.3 Å².